The molecule has 0 spiro atoms. The summed E-state index contributed by atoms with van der Waals surface area (Å²) in [6, 6.07) is 16.6. The number of rotatable bonds is 10. The number of carbonyl (C=O) groups is 1. The molecule has 0 heterocycles. The number of amides is 1. The van der Waals surface area contributed by atoms with Crippen molar-refractivity contribution in [3.63, 3.8) is 0 Å². The average Bonchev–Trinajstić information content (AvgIpc) is 3.02. The molecule has 2 aromatic rings. The van der Waals surface area contributed by atoms with Crippen molar-refractivity contribution in [2.24, 2.45) is 0 Å². The van der Waals surface area contributed by atoms with Gasteiger partial charge in [-0.15, -0.1) is 0 Å². The summed E-state index contributed by atoms with van der Waals surface area (Å²) >= 11 is 0. The zero-order valence-electron chi connectivity index (χ0n) is 15.8. The van der Waals surface area contributed by atoms with Gasteiger partial charge in [-0.1, -0.05) is 48.5 Å². The van der Waals surface area contributed by atoms with Crippen LogP contribution in [0.4, 0.5) is 4.79 Å². The normalized spacial score (nSPS) is 12.5. The third kappa shape index (κ3) is 5.08. The molecule has 5 nitrogen and oxygen atoms in total. The fourth-order valence-electron chi connectivity index (χ4n) is 3.38. The molecule has 0 bridgehead atoms. The van der Waals surface area contributed by atoms with Gasteiger partial charge in [-0.3, -0.25) is 0 Å². The standard InChI is InChI=1S/C22H27NO4/c1-2-25-14-15-26-13-7-12-23-22(24)27-16-21-19-10-5-3-8-17(19)18-9-4-6-11-20(18)21/h3-6,8-11,21H,2,7,12-16H2,1H3,(H,23,24). The Balaban J connectivity index is 1.42. The zero-order valence-corrected chi connectivity index (χ0v) is 15.8. The molecular formula is C22H27NO4. The molecule has 144 valence electrons. The van der Waals surface area contributed by atoms with Gasteiger partial charge in [0.15, 0.2) is 0 Å². The van der Waals surface area contributed by atoms with Crippen molar-refractivity contribution in [1.82, 2.24) is 5.32 Å². The Bertz CT molecular complexity index is 701. The van der Waals surface area contributed by atoms with Gasteiger partial charge in [0, 0.05) is 25.7 Å². The molecule has 3 rings (SSSR count). The van der Waals surface area contributed by atoms with Crippen molar-refractivity contribution < 1.29 is 19.0 Å². The molecule has 0 aliphatic heterocycles. The Morgan fingerprint density at radius 3 is 2.22 bits per heavy atom. The summed E-state index contributed by atoms with van der Waals surface area (Å²) in [6.45, 7) is 5.31. The monoisotopic (exact) mass is 369 g/mol. The van der Waals surface area contributed by atoms with Gasteiger partial charge in [0.25, 0.3) is 0 Å². The minimum atomic E-state index is -0.383. The number of ether oxygens (including phenoxy) is 3. The molecule has 5 heteroatoms. The quantitative estimate of drug-likeness (QED) is 0.644. The van der Waals surface area contributed by atoms with Gasteiger partial charge in [0.1, 0.15) is 6.61 Å². The molecule has 1 aliphatic rings. The lowest BCUT2D eigenvalue weighted by Gasteiger charge is -2.14. The maximum absolute atomic E-state index is 12.0. The van der Waals surface area contributed by atoms with E-state index in [0.717, 1.165) is 6.42 Å². The van der Waals surface area contributed by atoms with E-state index in [2.05, 4.69) is 29.6 Å². The van der Waals surface area contributed by atoms with Crippen molar-refractivity contribution in [1.29, 1.82) is 0 Å². The molecule has 0 fully saturated rings. The van der Waals surface area contributed by atoms with E-state index in [1.165, 1.54) is 22.3 Å². The SMILES string of the molecule is CCOCCOCCCNC(=O)OCC1c2ccccc2-c2ccccc21. The molecule has 0 radical (unpaired) electrons. The second-order valence-corrected chi connectivity index (χ2v) is 6.42. The van der Waals surface area contributed by atoms with Crippen LogP contribution in [-0.2, 0) is 14.2 Å². The second kappa shape index (κ2) is 10.1. The van der Waals surface area contributed by atoms with Crippen LogP contribution in [0, 0.1) is 0 Å². The molecule has 0 saturated carbocycles. The first-order chi connectivity index (χ1) is 13.3. The third-order valence-electron chi connectivity index (χ3n) is 4.65. The first-order valence-electron chi connectivity index (χ1n) is 9.55. The van der Waals surface area contributed by atoms with Gasteiger partial charge in [-0.25, -0.2) is 4.79 Å². The topological polar surface area (TPSA) is 56.8 Å². The molecular weight excluding hydrogens is 342 g/mol. The van der Waals surface area contributed by atoms with Gasteiger partial charge in [-0.2, -0.15) is 0 Å². The zero-order chi connectivity index (χ0) is 18.9. The summed E-state index contributed by atoms with van der Waals surface area (Å²) in [5.74, 6) is 0.0880. The Labute approximate surface area is 160 Å². The Hall–Kier alpha value is -2.37. The van der Waals surface area contributed by atoms with E-state index in [9.17, 15) is 4.79 Å². The number of hydrogen-bond acceptors (Lipinski definition) is 4. The molecule has 0 unspecified atom stereocenters. The van der Waals surface area contributed by atoms with E-state index in [4.69, 9.17) is 14.2 Å². The lowest BCUT2D eigenvalue weighted by Crippen LogP contribution is -2.27. The lowest BCUT2D eigenvalue weighted by molar-refractivity contribution is 0.0518. The fraction of sp³-hybridized carbons (Fsp3) is 0.409. The minimum Gasteiger partial charge on any atom is -0.449 e. The van der Waals surface area contributed by atoms with Crippen molar-refractivity contribution in [3.8, 4) is 11.1 Å². The predicted molar refractivity (Wildman–Crippen MR) is 105 cm³/mol. The van der Waals surface area contributed by atoms with Crippen LogP contribution >= 0.6 is 0 Å². The molecule has 27 heavy (non-hydrogen) atoms. The molecule has 1 amide bonds. The highest BCUT2D eigenvalue weighted by Gasteiger charge is 2.28. The maximum atomic E-state index is 12.0. The Kier molecular flexibility index (Phi) is 7.25. The van der Waals surface area contributed by atoms with Crippen molar-refractivity contribution >= 4 is 6.09 Å². The van der Waals surface area contributed by atoms with Crippen molar-refractivity contribution in [2.45, 2.75) is 19.3 Å². The van der Waals surface area contributed by atoms with Crippen LogP contribution in [0.3, 0.4) is 0 Å². The average molecular weight is 369 g/mol. The van der Waals surface area contributed by atoms with Crippen molar-refractivity contribution in [3.05, 3.63) is 59.7 Å². The maximum Gasteiger partial charge on any atom is 0.407 e. The fourth-order valence-corrected chi connectivity index (χ4v) is 3.38. The Morgan fingerprint density at radius 1 is 0.926 bits per heavy atom. The largest absolute Gasteiger partial charge is 0.449 e. The van der Waals surface area contributed by atoms with Gasteiger partial charge >= 0.3 is 6.09 Å². The smallest absolute Gasteiger partial charge is 0.407 e. The number of hydrogen-bond donors (Lipinski definition) is 1. The number of carbonyl (C=O) groups excluding carboxylic acids is 1. The number of benzene rings is 2. The van der Waals surface area contributed by atoms with Crippen LogP contribution in [-0.4, -0.2) is 45.7 Å². The van der Waals surface area contributed by atoms with Crippen LogP contribution in [0.5, 0.6) is 0 Å². The highest BCUT2D eigenvalue weighted by atomic mass is 16.5. The Morgan fingerprint density at radius 2 is 1.56 bits per heavy atom. The highest BCUT2D eigenvalue weighted by Crippen LogP contribution is 2.44. The van der Waals surface area contributed by atoms with Gasteiger partial charge in [-0.05, 0) is 35.6 Å². The number of nitrogens with one attached hydrogen (secondary N) is 1. The van der Waals surface area contributed by atoms with Crippen LogP contribution in [0.2, 0.25) is 0 Å². The van der Waals surface area contributed by atoms with E-state index in [0.29, 0.717) is 39.6 Å². The van der Waals surface area contributed by atoms with Crippen LogP contribution in [0.15, 0.2) is 48.5 Å². The van der Waals surface area contributed by atoms with E-state index in [1.54, 1.807) is 0 Å². The third-order valence-corrected chi connectivity index (χ3v) is 4.65. The van der Waals surface area contributed by atoms with Crippen molar-refractivity contribution in [2.75, 3.05) is 39.6 Å². The van der Waals surface area contributed by atoms with Crippen LogP contribution in [0.1, 0.15) is 30.4 Å². The molecule has 1 N–H and O–H groups in total. The molecule has 0 aromatic heterocycles. The van der Waals surface area contributed by atoms with Crippen LogP contribution < -0.4 is 5.32 Å². The molecule has 0 saturated heterocycles. The van der Waals surface area contributed by atoms with Gasteiger partial charge in [0.2, 0.25) is 0 Å². The second-order valence-electron chi connectivity index (χ2n) is 6.42. The summed E-state index contributed by atoms with van der Waals surface area (Å²) in [6.07, 6.45) is 0.363. The van der Waals surface area contributed by atoms with E-state index in [-0.39, 0.29) is 12.0 Å². The van der Waals surface area contributed by atoms with E-state index in [1.807, 2.05) is 31.2 Å². The first kappa shape index (κ1) is 19.4. The van der Waals surface area contributed by atoms with Gasteiger partial charge < -0.3 is 19.5 Å². The minimum absolute atomic E-state index is 0.0880. The molecule has 0 atom stereocenters. The summed E-state index contributed by atoms with van der Waals surface area (Å²) < 4.78 is 16.1. The summed E-state index contributed by atoms with van der Waals surface area (Å²) in [5.41, 5.74) is 4.89. The predicted octanol–water partition coefficient (Wildman–Crippen LogP) is 3.97. The van der Waals surface area contributed by atoms with Gasteiger partial charge in [0.05, 0.1) is 13.2 Å². The highest BCUT2D eigenvalue weighted by molar-refractivity contribution is 5.79. The van der Waals surface area contributed by atoms with E-state index < -0.39 is 0 Å². The summed E-state index contributed by atoms with van der Waals surface area (Å²) in [5, 5.41) is 2.78. The summed E-state index contributed by atoms with van der Waals surface area (Å²) in [7, 11) is 0. The first-order valence-corrected chi connectivity index (χ1v) is 9.55. The number of alkyl carbamates (subject to hydrolysis) is 1. The number of fused-ring (bicyclic) bond motifs is 3. The molecule has 1 aliphatic carbocycles. The lowest BCUT2D eigenvalue weighted by atomic mass is 9.98. The van der Waals surface area contributed by atoms with Crippen LogP contribution in [0.25, 0.3) is 11.1 Å². The summed E-state index contributed by atoms with van der Waals surface area (Å²) in [4.78, 5) is 12.0. The molecule has 2 aromatic carbocycles. The van der Waals surface area contributed by atoms with E-state index >= 15 is 0 Å².